The van der Waals surface area contributed by atoms with E-state index in [1.54, 1.807) is 12.1 Å². The molecular formula is C22H24N2O6. The van der Waals surface area contributed by atoms with Crippen LogP contribution in [0.15, 0.2) is 30.3 Å². The molecule has 30 heavy (non-hydrogen) atoms. The third-order valence-electron chi connectivity index (χ3n) is 4.63. The minimum atomic E-state index is -1.01. The monoisotopic (exact) mass is 412 g/mol. The molecule has 1 unspecified atom stereocenters. The van der Waals surface area contributed by atoms with Gasteiger partial charge in [-0.05, 0) is 57.0 Å². The number of ether oxygens (including phenoxy) is 3. The lowest BCUT2D eigenvalue weighted by atomic mass is 10.0. The van der Waals surface area contributed by atoms with Gasteiger partial charge in [0.15, 0.2) is 17.6 Å². The predicted molar refractivity (Wildman–Crippen MR) is 110 cm³/mol. The highest BCUT2D eigenvalue weighted by Crippen LogP contribution is 2.32. The van der Waals surface area contributed by atoms with E-state index >= 15 is 0 Å². The summed E-state index contributed by atoms with van der Waals surface area (Å²) in [5.41, 5.74) is 3.97. The standard InChI is InChI=1S/C22H24N2O6/c1-12-7-13(2)20(14(3)8-12)24-21(26)15(4)30-19(25)10-23-22(27)16-5-6-17-18(9-16)29-11-28-17/h5-9,15H,10-11H2,1-4H3,(H,23,27)(H,24,26). The van der Waals surface area contributed by atoms with Crippen LogP contribution >= 0.6 is 0 Å². The fourth-order valence-electron chi connectivity index (χ4n) is 3.19. The number of hydrogen-bond acceptors (Lipinski definition) is 6. The van der Waals surface area contributed by atoms with Crippen molar-refractivity contribution >= 4 is 23.5 Å². The van der Waals surface area contributed by atoms with Crippen molar-refractivity contribution < 1.29 is 28.6 Å². The van der Waals surface area contributed by atoms with Gasteiger partial charge in [-0.2, -0.15) is 0 Å². The van der Waals surface area contributed by atoms with Crippen molar-refractivity contribution in [3.63, 3.8) is 0 Å². The Labute approximate surface area is 174 Å². The molecule has 0 saturated heterocycles. The summed E-state index contributed by atoms with van der Waals surface area (Å²) in [5, 5.41) is 5.26. The maximum atomic E-state index is 12.4. The average molecular weight is 412 g/mol. The van der Waals surface area contributed by atoms with Crippen LogP contribution in [0.25, 0.3) is 0 Å². The van der Waals surface area contributed by atoms with Crippen LogP contribution < -0.4 is 20.1 Å². The number of fused-ring (bicyclic) bond motifs is 1. The number of nitrogens with one attached hydrogen (secondary N) is 2. The Morgan fingerprint density at radius 2 is 1.70 bits per heavy atom. The number of hydrogen-bond donors (Lipinski definition) is 2. The van der Waals surface area contributed by atoms with E-state index in [1.807, 2.05) is 32.9 Å². The number of amides is 2. The summed E-state index contributed by atoms with van der Waals surface area (Å²) in [6.07, 6.45) is -1.01. The SMILES string of the molecule is Cc1cc(C)c(NC(=O)C(C)OC(=O)CNC(=O)c2ccc3c(c2)OCO3)c(C)c1. The summed E-state index contributed by atoms with van der Waals surface area (Å²) in [6, 6.07) is 8.65. The predicted octanol–water partition coefficient (Wildman–Crippen LogP) is 2.64. The molecule has 0 aromatic heterocycles. The summed E-state index contributed by atoms with van der Waals surface area (Å²) < 4.78 is 15.6. The van der Waals surface area contributed by atoms with Crippen LogP contribution in [-0.2, 0) is 14.3 Å². The lowest BCUT2D eigenvalue weighted by molar-refractivity contribution is -0.152. The number of benzene rings is 2. The Balaban J connectivity index is 1.50. The Morgan fingerprint density at radius 1 is 1.03 bits per heavy atom. The molecule has 0 fully saturated rings. The molecule has 1 aliphatic rings. The quantitative estimate of drug-likeness (QED) is 0.707. The van der Waals surface area contributed by atoms with Crippen molar-refractivity contribution in [3.05, 3.63) is 52.6 Å². The average Bonchev–Trinajstić information content (AvgIpc) is 3.16. The van der Waals surface area contributed by atoms with Crippen LogP contribution in [0, 0.1) is 20.8 Å². The van der Waals surface area contributed by atoms with E-state index in [4.69, 9.17) is 14.2 Å². The van der Waals surface area contributed by atoms with Crippen LogP contribution in [0.1, 0.15) is 34.0 Å². The minimum absolute atomic E-state index is 0.105. The molecule has 2 aromatic carbocycles. The van der Waals surface area contributed by atoms with Gasteiger partial charge in [0.25, 0.3) is 11.8 Å². The molecule has 1 aliphatic heterocycles. The number of esters is 1. The third kappa shape index (κ3) is 4.89. The second-order valence-corrected chi connectivity index (χ2v) is 7.15. The van der Waals surface area contributed by atoms with Crippen molar-refractivity contribution in [1.82, 2.24) is 5.32 Å². The molecule has 0 radical (unpaired) electrons. The highest BCUT2D eigenvalue weighted by Gasteiger charge is 2.21. The van der Waals surface area contributed by atoms with Gasteiger partial charge < -0.3 is 24.8 Å². The lowest BCUT2D eigenvalue weighted by Crippen LogP contribution is -2.36. The van der Waals surface area contributed by atoms with E-state index in [9.17, 15) is 14.4 Å². The highest BCUT2D eigenvalue weighted by atomic mass is 16.7. The van der Waals surface area contributed by atoms with Gasteiger partial charge in [-0.25, -0.2) is 0 Å². The number of aryl methyl sites for hydroxylation is 3. The molecule has 158 valence electrons. The summed E-state index contributed by atoms with van der Waals surface area (Å²) >= 11 is 0. The van der Waals surface area contributed by atoms with Crippen molar-refractivity contribution in [2.75, 3.05) is 18.7 Å². The number of rotatable bonds is 6. The van der Waals surface area contributed by atoms with Gasteiger partial charge in [0.2, 0.25) is 6.79 Å². The first-order valence-corrected chi connectivity index (χ1v) is 9.50. The molecule has 0 spiro atoms. The summed E-state index contributed by atoms with van der Waals surface area (Å²) in [4.78, 5) is 36.7. The normalized spacial score (nSPS) is 12.8. The van der Waals surface area contributed by atoms with E-state index < -0.39 is 23.9 Å². The molecule has 1 heterocycles. The van der Waals surface area contributed by atoms with Crippen LogP contribution in [0.5, 0.6) is 11.5 Å². The molecule has 2 amide bonds. The lowest BCUT2D eigenvalue weighted by Gasteiger charge is -2.17. The Kier molecular flexibility index (Phi) is 6.25. The first kappa shape index (κ1) is 21.2. The Bertz CT molecular complexity index is 978. The highest BCUT2D eigenvalue weighted by molar-refractivity contribution is 5.98. The number of carbonyl (C=O) groups is 3. The zero-order valence-corrected chi connectivity index (χ0v) is 17.3. The van der Waals surface area contributed by atoms with E-state index in [0.29, 0.717) is 22.7 Å². The molecule has 1 atom stereocenters. The molecule has 2 aromatic rings. The van der Waals surface area contributed by atoms with Crippen molar-refractivity contribution in [2.24, 2.45) is 0 Å². The van der Waals surface area contributed by atoms with Gasteiger partial charge in [0.05, 0.1) is 0 Å². The third-order valence-corrected chi connectivity index (χ3v) is 4.63. The van der Waals surface area contributed by atoms with E-state index in [-0.39, 0.29) is 13.3 Å². The Hall–Kier alpha value is -3.55. The summed E-state index contributed by atoms with van der Waals surface area (Å²) in [5.74, 6) is -0.597. The van der Waals surface area contributed by atoms with Gasteiger partial charge in [-0.1, -0.05) is 17.7 Å². The Morgan fingerprint density at radius 3 is 2.40 bits per heavy atom. The van der Waals surface area contributed by atoms with Crippen LogP contribution in [0.4, 0.5) is 5.69 Å². The second kappa shape index (κ2) is 8.86. The van der Waals surface area contributed by atoms with Gasteiger partial charge in [0, 0.05) is 11.3 Å². The topological polar surface area (TPSA) is 103 Å². The smallest absolute Gasteiger partial charge is 0.326 e. The molecular weight excluding hydrogens is 388 g/mol. The van der Waals surface area contributed by atoms with Gasteiger partial charge in [-0.15, -0.1) is 0 Å². The number of anilines is 1. The molecule has 2 N–H and O–H groups in total. The van der Waals surface area contributed by atoms with E-state index in [0.717, 1.165) is 16.7 Å². The van der Waals surface area contributed by atoms with E-state index in [2.05, 4.69) is 10.6 Å². The maximum absolute atomic E-state index is 12.4. The second-order valence-electron chi connectivity index (χ2n) is 7.15. The maximum Gasteiger partial charge on any atom is 0.326 e. The van der Waals surface area contributed by atoms with Crippen molar-refractivity contribution in [2.45, 2.75) is 33.8 Å². The fraction of sp³-hybridized carbons (Fsp3) is 0.318. The molecule has 0 saturated carbocycles. The molecule has 8 nitrogen and oxygen atoms in total. The van der Waals surface area contributed by atoms with Crippen LogP contribution in [0.2, 0.25) is 0 Å². The molecule has 3 rings (SSSR count). The van der Waals surface area contributed by atoms with Gasteiger partial charge >= 0.3 is 5.97 Å². The first-order valence-electron chi connectivity index (χ1n) is 9.50. The van der Waals surface area contributed by atoms with Gasteiger partial charge in [0.1, 0.15) is 6.54 Å². The zero-order valence-electron chi connectivity index (χ0n) is 17.3. The molecule has 8 heteroatoms. The fourth-order valence-corrected chi connectivity index (χ4v) is 3.19. The largest absolute Gasteiger partial charge is 0.454 e. The zero-order chi connectivity index (χ0) is 21.8. The minimum Gasteiger partial charge on any atom is -0.454 e. The first-order chi connectivity index (χ1) is 14.2. The van der Waals surface area contributed by atoms with E-state index in [1.165, 1.54) is 13.0 Å². The summed E-state index contributed by atoms with van der Waals surface area (Å²) in [6.45, 7) is 7.00. The van der Waals surface area contributed by atoms with Gasteiger partial charge in [-0.3, -0.25) is 14.4 Å². The molecule has 0 aliphatic carbocycles. The summed E-state index contributed by atoms with van der Waals surface area (Å²) in [7, 11) is 0. The molecule has 0 bridgehead atoms. The number of carbonyl (C=O) groups excluding carboxylic acids is 3. The van der Waals surface area contributed by atoms with Crippen LogP contribution in [0.3, 0.4) is 0 Å². The van der Waals surface area contributed by atoms with Crippen molar-refractivity contribution in [3.8, 4) is 11.5 Å². The van der Waals surface area contributed by atoms with Crippen LogP contribution in [-0.4, -0.2) is 37.2 Å². The van der Waals surface area contributed by atoms with Crippen molar-refractivity contribution in [1.29, 1.82) is 0 Å².